The molecule has 0 radical (unpaired) electrons. The number of nitrogens with zero attached hydrogens (tertiary/aromatic N) is 1. The summed E-state index contributed by atoms with van der Waals surface area (Å²) in [4.78, 5) is 15.6. The largest absolute Gasteiger partial charge is 0.349 e. The van der Waals surface area contributed by atoms with Gasteiger partial charge in [0.1, 0.15) is 0 Å². The van der Waals surface area contributed by atoms with Crippen molar-refractivity contribution in [3.63, 3.8) is 0 Å². The van der Waals surface area contributed by atoms with Crippen LogP contribution in [0.1, 0.15) is 11.4 Å². The van der Waals surface area contributed by atoms with Crippen LogP contribution >= 0.6 is 0 Å². The Morgan fingerprint density at radius 2 is 2.38 bits per heavy atom. The number of pyridine rings is 1. The van der Waals surface area contributed by atoms with Gasteiger partial charge in [-0.2, -0.15) is 0 Å². The smallest absolute Gasteiger partial charge is 0.234 e. The quantitative estimate of drug-likeness (QED) is 0.548. The van der Waals surface area contributed by atoms with E-state index in [9.17, 15) is 4.79 Å². The van der Waals surface area contributed by atoms with Crippen molar-refractivity contribution in [2.75, 3.05) is 13.1 Å². The fraction of sp³-hybridized carbons (Fsp3) is 0.333. The van der Waals surface area contributed by atoms with Gasteiger partial charge in [-0.05, 0) is 19.1 Å². The molecule has 0 aliphatic rings. The Labute approximate surface area is 95.5 Å². The summed E-state index contributed by atoms with van der Waals surface area (Å²) in [5, 5.41) is 5.57. The first-order chi connectivity index (χ1) is 7.72. The summed E-state index contributed by atoms with van der Waals surface area (Å²) < 4.78 is 0. The molecular formula is C12H15N3O. The summed E-state index contributed by atoms with van der Waals surface area (Å²) in [5.41, 5.74) is 1.79. The highest BCUT2D eigenvalue weighted by atomic mass is 16.1. The Kier molecular flexibility index (Phi) is 5.03. The van der Waals surface area contributed by atoms with E-state index in [2.05, 4.69) is 21.5 Å². The zero-order chi connectivity index (χ0) is 11.8. The van der Waals surface area contributed by atoms with Gasteiger partial charge in [0.05, 0.1) is 25.3 Å². The number of nitrogens with one attached hydrogen (secondary N) is 2. The SMILES string of the molecule is C#CCNCC(=O)NCc1cccc(C)n1. The van der Waals surface area contributed by atoms with Crippen LogP contribution in [-0.4, -0.2) is 24.0 Å². The maximum Gasteiger partial charge on any atom is 0.234 e. The molecule has 0 atom stereocenters. The first kappa shape index (κ1) is 12.2. The normalized spacial score (nSPS) is 9.50. The van der Waals surface area contributed by atoms with Crippen molar-refractivity contribution in [2.24, 2.45) is 0 Å². The first-order valence-corrected chi connectivity index (χ1v) is 5.06. The maximum atomic E-state index is 11.3. The number of rotatable bonds is 5. The molecule has 0 saturated carbocycles. The number of aromatic nitrogens is 1. The lowest BCUT2D eigenvalue weighted by molar-refractivity contribution is -0.120. The highest BCUT2D eigenvalue weighted by Gasteiger charge is 2.00. The van der Waals surface area contributed by atoms with Crippen molar-refractivity contribution in [1.82, 2.24) is 15.6 Å². The van der Waals surface area contributed by atoms with Crippen LogP contribution in [0, 0.1) is 19.3 Å². The number of carbonyl (C=O) groups excluding carboxylic acids is 1. The summed E-state index contributed by atoms with van der Waals surface area (Å²) in [7, 11) is 0. The minimum atomic E-state index is -0.0847. The third-order valence-electron chi connectivity index (χ3n) is 1.93. The average molecular weight is 217 g/mol. The molecule has 0 aliphatic heterocycles. The standard InChI is InChI=1S/C12H15N3O/c1-3-7-13-9-12(16)14-8-11-6-4-5-10(2)15-11/h1,4-6,13H,7-9H2,2H3,(H,14,16). The van der Waals surface area contributed by atoms with Gasteiger partial charge < -0.3 is 5.32 Å². The van der Waals surface area contributed by atoms with Crippen LogP contribution in [0.2, 0.25) is 0 Å². The second-order valence-electron chi connectivity index (χ2n) is 3.35. The van der Waals surface area contributed by atoms with Crippen molar-refractivity contribution in [3.05, 3.63) is 29.6 Å². The summed E-state index contributed by atoms with van der Waals surface area (Å²) in [6.45, 7) is 2.99. The van der Waals surface area contributed by atoms with E-state index in [1.807, 2.05) is 25.1 Å². The number of hydrogen-bond donors (Lipinski definition) is 2. The number of carbonyl (C=O) groups is 1. The van der Waals surface area contributed by atoms with Crippen LogP contribution in [0.25, 0.3) is 0 Å². The molecule has 1 aromatic heterocycles. The third kappa shape index (κ3) is 4.58. The second kappa shape index (κ2) is 6.59. The Morgan fingerprint density at radius 1 is 1.56 bits per heavy atom. The molecule has 1 aromatic rings. The molecule has 0 fully saturated rings. The molecule has 1 heterocycles. The number of terminal acetylenes is 1. The van der Waals surface area contributed by atoms with Gasteiger partial charge in [0.25, 0.3) is 0 Å². The van der Waals surface area contributed by atoms with Gasteiger partial charge in [-0.15, -0.1) is 6.42 Å². The zero-order valence-electron chi connectivity index (χ0n) is 9.29. The van der Waals surface area contributed by atoms with Crippen LogP contribution in [0.3, 0.4) is 0 Å². The molecule has 0 bridgehead atoms. The number of hydrogen-bond acceptors (Lipinski definition) is 3. The summed E-state index contributed by atoms with van der Waals surface area (Å²) in [5.74, 6) is 2.32. The molecule has 0 unspecified atom stereocenters. The molecule has 2 N–H and O–H groups in total. The van der Waals surface area contributed by atoms with Crippen LogP contribution in [-0.2, 0) is 11.3 Å². The third-order valence-corrected chi connectivity index (χ3v) is 1.93. The van der Waals surface area contributed by atoms with Crippen molar-refractivity contribution >= 4 is 5.91 Å². The second-order valence-corrected chi connectivity index (χ2v) is 3.35. The molecule has 16 heavy (non-hydrogen) atoms. The van der Waals surface area contributed by atoms with Crippen molar-refractivity contribution in [1.29, 1.82) is 0 Å². The van der Waals surface area contributed by atoms with Gasteiger partial charge >= 0.3 is 0 Å². The first-order valence-electron chi connectivity index (χ1n) is 5.06. The van der Waals surface area contributed by atoms with Gasteiger partial charge in [0.2, 0.25) is 5.91 Å². The fourth-order valence-corrected chi connectivity index (χ4v) is 1.20. The van der Waals surface area contributed by atoms with Crippen LogP contribution in [0.5, 0.6) is 0 Å². The van der Waals surface area contributed by atoms with E-state index in [0.717, 1.165) is 11.4 Å². The van der Waals surface area contributed by atoms with E-state index < -0.39 is 0 Å². The maximum absolute atomic E-state index is 11.3. The van der Waals surface area contributed by atoms with Gasteiger partial charge in [0, 0.05) is 5.69 Å². The summed E-state index contributed by atoms with van der Waals surface area (Å²) >= 11 is 0. The molecule has 1 amide bonds. The molecular weight excluding hydrogens is 202 g/mol. The zero-order valence-corrected chi connectivity index (χ0v) is 9.29. The van der Waals surface area contributed by atoms with E-state index in [4.69, 9.17) is 6.42 Å². The minimum Gasteiger partial charge on any atom is -0.349 e. The van der Waals surface area contributed by atoms with Crippen molar-refractivity contribution in [2.45, 2.75) is 13.5 Å². The molecule has 0 aliphatic carbocycles. The van der Waals surface area contributed by atoms with Crippen LogP contribution in [0.4, 0.5) is 0 Å². The monoisotopic (exact) mass is 217 g/mol. The molecule has 1 rings (SSSR count). The fourth-order valence-electron chi connectivity index (χ4n) is 1.20. The summed E-state index contributed by atoms with van der Waals surface area (Å²) in [6, 6.07) is 5.71. The Morgan fingerprint density at radius 3 is 3.06 bits per heavy atom. The van der Waals surface area contributed by atoms with Crippen LogP contribution < -0.4 is 10.6 Å². The van der Waals surface area contributed by atoms with E-state index >= 15 is 0 Å². The Balaban J connectivity index is 2.29. The summed E-state index contributed by atoms with van der Waals surface area (Å²) in [6.07, 6.45) is 5.04. The topological polar surface area (TPSA) is 54.0 Å². The molecule has 0 aromatic carbocycles. The molecule has 84 valence electrons. The molecule has 4 nitrogen and oxygen atoms in total. The Hall–Kier alpha value is -1.86. The number of amides is 1. The van der Waals surface area contributed by atoms with E-state index in [0.29, 0.717) is 13.1 Å². The lowest BCUT2D eigenvalue weighted by Gasteiger charge is -2.05. The van der Waals surface area contributed by atoms with Crippen molar-refractivity contribution in [3.8, 4) is 12.3 Å². The predicted molar refractivity (Wildman–Crippen MR) is 62.5 cm³/mol. The average Bonchev–Trinajstić information content (AvgIpc) is 2.27. The number of aryl methyl sites for hydroxylation is 1. The predicted octanol–water partition coefficient (Wildman–Crippen LogP) is 0.229. The lowest BCUT2D eigenvalue weighted by atomic mass is 10.3. The van der Waals surface area contributed by atoms with Gasteiger partial charge in [-0.25, -0.2) is 0 Å². The van der Waals surface area contributed by atoms with E-state index in [1.165, 1.54) is 0 Å². The molecule has 0 spiro atoms. The van der Waals surface area contributed by atoms with Gasteiger partial charge in [-0.3, -0.25) is 15.1 Å². The molecule has 4 heteroatoms. The van der Waals surface area contributed by atoms with Crippen molar-refractivity contribution < 1.29 is 4.79 Å². The van der Waals surface area contributed by atoms with E-state index in [1.54, 1.807) is 0 Å². The minimum absolute atomic E-state index is 0.0847. The molecule has 0 saturated heterocycles. The lowest BCUT2D eigenvalue weighted by Crippen LogP contribution is -2.33. The van der Waals surface area contributed by atoms with Gasteiger partial charge in [-0.1, -0.05) is 12.0 Å². The van der Waals surface area contributed by atoms with E-state index in [-0.39, 0.29) is 12.5 Å². The van der Waals surface area contributed by atoms with Crippen LogP contribution in [0.15, 0.2) is 18.2 Å². The van der Waals surface area contributed by atoms with Gasteiger partial charge in [0.15, 0.2) is 0 Å². The highest BCUT2D eigenvalue weighted by Crippen LogP contribution is 1.96. The Bertz CT molecular complexity index is 395. The highest BCUT2D eigenvalue weighted by molar-refractivity contribution is 5.77.